The van der Waals surface area contributed by atoms with Gasteiger partial charge in [-0.3, -0.25) is 4.90 Å². The summed E-state index contributed by atoms with van der Waals surface area (Å²) in [5.41, 5.74) is 0.455. The molecule has 2 aliphatic heterocycles. The first-order valence-corrected chi connectivity index (χ1v) is 14.3. The molecule has 0 spiro atoms. The van der Waals surface area contributed by atoms with Gasteiger partial charge in [-0.15, -0.1) is 5.10 Å². The number of alkyl halides is 3. The fourth-order valence-corrected chi connectivity index (χ4v) is 6.03. The molecule has 2 aliphatic rings. The predicted molar refractivity (Wildman–Crippen MR) is 156 cm³/mol. The van der Waals surface area contributed by atoms with Crippen LogP contribution in [0, 0.1) is 11.3 Å². The van der Waals surface area contributed by atoms with Crippen LogP contribution < -0.4 is 15.7 Å². The number of hydrogen-bond acceptors (Lipinski definition) is 9. The van der Waals surface area contributed by atoms with Crippen LogP contribution >= 0.6 is 0 Å². The number of rotatable bonds is 6. The van der Waals surface area contributed by atoms with Crippen molar-refractivity contribution in [3.63, 3.8) is 0 Å². The Bertz CT molecular complexity index is 1730. The van der Waals surface area contributed by atoms with Gasteiger partial charge in [0, 0.05) is 37.1 Å². The molecule has 2 N–H and O–H groups in total. The molecule has 1 saturated heterocycles. The van der Waals surface area contributed by atoms with Crippen LogP contribution in [0.3, 0.4) is 0 Å². The second-order valence-corrected chi connectivity index (χ2v) is 11.4. The summed E-state index contributed by atoms with van der Waals surface area (Å²) in [6.45, 7) is 3.31. The number of piperidine rings is 1. The maximum atomic E-state index is 13.6. The average Bonchev–Trinajstić information content (AvgIpc) is 3.41. The molecule has 1 aromatic heterocycles. The van der Waals surface area contributed by atoms with E-state index in [1.54, 1.807) is 25.1 Å². The van der Waals surface area contributed by atoms with Crippen molar-refractivity contribution in [3.05, 3.63) is 86.5 Å². The summed E-state index contributed by atoms with van der Waals surface area (Å²) in [6.07, 6.45) is -3.09. The van der Waals surface area contributed by atoms with Crippen LogP contribution in [0.4, 0.5) is 24.8 Å². The molecule has 0 radical (unpaired) electrons. The summed E-state index contributed by atoms with van der Waals surface area (Å²) in [5, 5.41) is 34.5. The molecule has 244 valence electrons. The molecule has 15 heteroatoms. The molecule has 0 unspecified atom stereocenters. The van der Waals surface area contributed by atoms with E-state index in [0.717, 1.165) is 30.8 Å². The third-order valence-electron chi connectivity index (χ3n) is 8.47. The number of nitrogens with zero attached hydrogens (tertiary/aromatic N) is 5. The largest absolute Gasteiger partial charge is 0.554 e. The number of hydrogen-bond donors (Lipinski definition) is 2. The molecule has 3 aromatic rings. The van der Waals surface area contributed by atoms with Crippen LogP contribution in [-0.2, 0) is 26.9 Å². The van der Waals surface area contributed by atoms with Gasteiger partial charge in [0.15, 0.2) is 0 Å². The standard InChI is InChI=1S/C30H31F3N6O4.CH2O2/c1-18-25(27(41)43-3)26(24-8-7-19(17-34)15-20(24)9-12-39(2)13-10-23(40)11-14-39)38-28(35-36-29(38)42)37(18)22-6-4-5-21(16-22)30(31,32)33;2-1-3/h4-8,15-16,23,26,40H,9-14H2,1-3H3;1H,(H,2,3)/t23?,26-,39?;/m1./s1. The van der Waals surface area contributed by atoms with Gasteiger partial charge < -0.3 is 24.2 Å². The third kappa shape index (κ3) is 6.82. The van der Waals surface area contributed by atoms with Crippen molar-refractivity contribution < 1.29 is 42.2 Å². The zero-order chi connectivity index (χ0) is 33.8. The van der Waals surface area contributed by atoms with Crippen LogP contribution in [-0.4, -0.2) is 76.7 Å². The lowest BCUT2D eigenvalue weighted by Crippen LogP contribution is -2.52. The molecule has 0 amide bonds. The van der Waals surface area contributed by atoms with Crippen LogP contribution in [0.25, 0.3) is 0 Å². The minimum Gasteiger partial charge on any atom is -0.554 e. The van der Waals surface area contributed by atoms with E-state index in [2.05, 4.69) is 23.3 Å². The van der Waals surface area contributed by atoms with Crippen molar-refractivity contribution in [3.8, 4) is 6.07 Å². The number of carboxylic acid groups (broad SMARTS) is 1. The molecule has 0 aliphatic carbocycles. The van der Waals surface area contributed by atoms with Gasteiger partial charge in [0.1, 0.15) is 6.04 Å². The smallest absolute Gasteiger partial charge is 0.416 e. The highest BCUT2D eigenvalue weighted by molar-refractivity contribution is 5.93. The monoisotopic (exact) mass is 642 g/mol. The molecule has 2 aromatic carbocycles. The van der Waals surface area contributed by atoms with E-state index < -0.39 is 35.9 Å². The summed E-state index contributed by atoms with van der Waals surface area (Å²) in [5.74, 6) is -0.767. The van der Waals surface area contributed by atoms with Gasteiger partial charge in [0.25, 0.3) is 0 Å². The number of aliphatic hydroxyl groups is 1. The number of likely N-dealkylation sites (N-methyl/N-ethyl adjacent to an activating group) is 1. The number of aromatic nitrogens is 3. The van der Waals surface area contributed by atoms with Crippen LogP contribution in [0.2, 0.25) is 0 Å². The number of methoxy groups -OCH3 is 1. The Labute approximate surface area is 262 Å². The number of nitrogens with one attached hydrogen (secondary N) is 1. The fourth-order valence-electron chi connectivity index (χ4n) is 6.03. The van der Waals surface area contributed by atoms with Gasteiger partial charge in [0.2, 0.25) is 5.95 Å². The van der Waals surface area contributed by atoms with E-state index in [1.165, 1.54) is 28.7 Å². The number of carbonyl (C=O) groups is 2. The Kier molecular flexibility index (Phi) is 10.0. The first-order valence-electron chi connectivity index (χ1n) is 14.3. The number of nitriles is 1. The van der Waals surface area contributed by atoms with Gasteiger partial charge in [-0.1, -0.05) is 12.1 Å². The number of aromatic amines is 1. The first kappa shape index (κ1) is 33.9. The molecule has 12 nitrogen and oxygen atoms in total. The van der Waals surface area contributed by atoms with Crippen molar-refractivity contribution >= 4 is 24.1 Å². The van der Waals surface area contributed by atoms with E-state index in [4.69, 9.17) is 14.6 Å². The molecular formula is C31H33F3N6O6. The number of quaternary nitrogens is 1. The SMILES string of the molecule is COC(=O)C1=C(C)N(c2cccc(C(F)(F)F)c2)c2n[nH]c(=O)n2[C@@H]1c1ccc(C#N)cc1CC[N+]1(C)CCC(O)CC1.O=C[O-]. The molecule has 1 atom stereocenters. The summed E-state index contributed by atoms with van der Waals surface area (Å²) >= 11 is 0. The van der Waals surface area contributed by atoms with E-state index >= 15 is 0 Å². The Morgan fingerprint density at radius 3 is 2.54 bits per heavy atom. The van der Waals surface area contributed by atoms with Crippen LogP contribution in [0.1, 0.15) is 48.1 Å². The highest BCUT2D eigenvalue weighted by Gasteiger charge is 2.41. The van der Waals surface area contributed by atoms with E-state index in [9.17, 15) is 33.1 Å². The lowest BCUT2D eigenvalue weighted by Gasteiger charge is -2.40. The number of H-pyrrole nitrogens is 1. The van der Waals surface area contributed by atoms with E-state index in [-0.39, 0.29) is 29.0 Å². The Morgan fingerprint density at radius 1 is 1.26 bits per heavy atom. The minimum absolute atomic E-state index is 0.00111. The van der Waals surface area contributed by atoms with Crippen molar-refractivity contribution in [2.45, 2.75) is 44.5 Å². The normalized spacial score (nSPS) is 21.0. The van der Waals surface area contributed by atoms with Crippen molar-refractivity contribution in [1.29, 1.82) is 5.26 Å². The summed E-state index contributed by atoms with van der Waals surface area (Å²) < 4.78 is 47.9. The number of esters is 1. The first-order chi connectivity index (χ1) is 21.8. The second kappa shape index (κ2) is 13.6. The number of ether oxygens (including phenoxy) is 1. The molecule has 0 saturated carbocycles. The van der Waals surface area contributed by atoms with E-state index in [1.807, 2.05) is 0 Å². The maximum absolute atomic E-state index is 13.6. The summed E-state index contributed by atoms with van der Waals surface area (Å²) in [7, 11) is 3.30. The van der Waals surface area contributed by atoms with E-state index in [0.29, 0.717) is 41.4 Å². The van der Waals surface area contributed by atoms with Gasteiger partial charge in [0.05, 0.1) is 62.7 Å². The quantitative estimate of drug-likeness (QED) is 0.233. The van der Waals surface area contributed by atoms with Gasteiger partial charge in [-0.05, 0) is 48.4 Å². The van der Waals surface area contributed by atoms with Gasteiger partial charge in [-0.25, -0.2) is 19.3 Å². The Balaban J connectivity index is 0.00000154. The topological polar surface area (TPSA) is 164 Å². The van der Waals surface area contributed by atoms with Crippen molar-refractivity contribution in [2.24, 2.45) is 0 Å². The molecule has 1 fully saturated rings. The average molecular weight is 643 g/mol. The Morgan fingerprint density at radius 2 is 1.93 bits per heavy atom. The zero-order valence-corrected chi connectivity index (χ0v) is 25.4. The van der Waals surface area contributed by atoms with Crippen LogP contribution in [0.5, 0.6) is 0 Å². The number of fused-ring (bicyclic) bond motifs is 1. The molecule has 0 bridgehead atoms. The maximum Gasteiger partial charge on any atom is 0.416 e. The van der Waals surface area contributed by atoms with Crippen molar-refractivity contribution in [1.82, 2.24) is 14.8 Å². The van der Waals surface area contributed by atoms with Gasteiger partial charge >= 0.3 is 17.8 Å². The van der Waals surface area contributed by atoms with Gasteiger partial charge in [-0.2, -0.15) is 18.4 Å². The summed E-state index contributed by atoms with van der Waals surface area (Å²) in [6, 6.07) is 10.7. The lowest BCUT2D eigenvalue weighted by molar-refractivity contribution is -0.914. The molecular weight excluding hydrogens is 609 g/mol. The number of allylic oxidation sites excluding steroid dienone is 1. The zero-order valence-electron chi connectivity index (χ0n) is 25.4. The second-order valence-electron chi connectivity index (χ2n) is 11.4. The fraction of sp³-hybridized carbons (Fsp3) is 0.387. The summed E-state index contributed by atoms with van der Waals surface area (Å²) in [4.78, 5) is 36.3. The number of aliphatic hydroxyl groups excluding tert-OH is 1. The highest BCUT2D eigenvalue weighted by Crippen LogP contribution is 2.43. The highest BCUT2D eigenvalue weighted by atomic mass is 19.4. The van der Waals surface area contributed by atoms with Crippen molar-refractivity contribution in [2.75, 3.05) is 38.7 Å². The number of likely N-dealkylation sites (tertiary alicyclic amines) is 1. The molecule has 3 heterocycles. The van der Waals surface area contributed by atoms with Crippen LogP contribution in [0.15, 0.2) is 58.5 Å². The minimum atomic E-state index is -4.62. The molecule has 46 heavy (non-hydrogen) atoms. The third-order valence-corrected chi connectivity index (χ3v) is 8.47. The number of carbonyl (C=O) groups excluding carboxylic acids is 2. The Hall–Kier alpha value is -4.94. The number of benzene rings is 2. The predicted octanol–water partition coefficient (Wildman–Crippen LogP) is 2.16. The number of halogens is 3. The molecule has 5 rings (SSSR count). The lowest BCUT2D eigenvalue weighted by atomic mass is 9.88. The number of anilines is 2.